The Labute approximate surface area is 136 Å². The van der Waals surface area contributed by atoms with Crippen molar-refractivity contribution in [2.75, 3.05) is 19.1 Å². The third-order valence-electron chi connectivity index (χ3n) is 2.53. The van der Waals surface area contributed by atoms with Crippen LogP contribution in [0.25, 0.3) is 0 Å². The standard InChI is InChI=1S/C14H16BrN3O2S/c1-4-20-12-6-10(5-11(15)13(12)19-3)7-16-18-14-17-9(2)8-21-14/h5-8H,4H2,1-3H3,(H,17,18). The third kappa shape index (κ3) is 4.18. The number of nitrogens with one attached hydrogen (secondary N) is 1. The van der Waals surface area contributed by atoms with Crippen LogP contribution in [0.4, 0.5) is 5.13 Å². The van der Waals surface area contributed by atoms with Crippen LogP contribution in [-0.2, 0) is 0 Å². The molecule has 0 saturated heterocycles. The highest BCUT2D eigenvalue weighted by Crippen LogP contribution is 2.36. The number of methoxy groups -OCH3 is 1. The van der Waals surface area contributed by atoms with Crippen molar-refractivity contribution in [3.63, 3.8) is 0 Å². The maximum atomic E-state index is 5.57. The van der Waals surface area contributed by atoms with E-state index >= 15 is 0 Å². The van der Waals surface area contributed by atoms with Crippen molar-refractivity contribution in [1.29, 1.82) is 0 Å². The number of halogens is 1. The highest BCUT2D eigenvalue weighted by atomic mass is 79.9. The summed E-state index contributed by atoms with van der Waals surface area (Å²) < 4.78 is 11.7. The van der Waals surface area contributed by atoms with Crippen LogP contribution in [0.2, 0.25) is 0 Å². The molecule has 0 aliphatic rings. The van der Waals surface area contributed by atoms with Crippen LogP contribution in [0, 0.1) is 6.92 Å². The van der Waals surface area contributed by atoms with Gasteiger partial charge in [-0.05, 0) is 47.5 Å². The summed E-state index contributed by atoms with van der Waals surface area (Å²) in [6.45, 7) is 4.45. The van der Waals surface area contributed by atoms with Gasteiger partial charge in [0.2, 0.25) is 5.13 Å². The van der Waals surface area contributed by atoms with Gasteiger partial charge in [0.25, 0.3) is 0 Å². The van der Waals surface area contributed by atoms with Gasteiger partial charge in [0, 0.05) is 5.38 Å². The molecule has 7 heteroatoms. The average Bonchev–Trinajstić information content (AvgIpc) is 2.85. The minimum absolute atomic E-state index is 0.569. The Bertz CT molecular complexity index is 643. The molecule has 0 unspecified atom stereocenters. The van der Waals surface area contributed by atoms with Gasteiger partial charge < -0.3 is 9.47 Å². The molecule has 0 fully saturated rings. The first-order valence-corrected chi connectivity index (χ1v) is 8.02. The van der Waals surface area contributed by atoms with E-state index in [9.17, 15) is 0 Å². The van der Waals surface area contributed by atoms with E-state index in [-0.39, 0.29) is 0 Å². The summed E-state index contributed by atoms with van der Waals surface area (Å²) in [6, 6.07) is 3.80. The number of thiazole rings is 1. The van der Waals surface area contributed by atoms with Crippen molar-refractivity contribution in [3.05, 3.63) is 33.2 Å². The highest BCUT2D eigenvalue weighted by molar-refractivity contribution is 9.10. The number of aryl methyl sites for hydroxylation is 1. The van der Waals surface area contributed by atoms with E-state index in [1.807, 2.05) is 31.4 Å². The Hall–Kier alpha value is -1.60. The fraction of sp³-hybridized carbons (Fsp3) is 0.286. The predicted molar refractivity (Wildman–Crippen MR) is 89.9 cm³/mol. The molecule has 21 heavy (non-hydrogen) atoms. The molecule has 0 amide bonds. The lowest BCUT2D eigenvalue weighted by Gasteiger charge is -2.11. The van der Waals surface area contributed by atoms with Crippen LogP contribution >= 0.6 is 27.3 Å². The molecule has 0 spiro atoms. The van der Waals surface area contributed by atoms with Crippen LogP contribution in [0.1, 0.15) is 18.2 Å². The van der Waals surface area contributed by atoms with Crippen molar-refractivity contribution in [1.82, 2.24) is 4.98 Å². The monoisotopic (exact) mass is 369 g/mol. The van der Waals surface area contributed by atoms with Gasteiger partial charge in [0.15, 0.2) is 11.5 Å². The summed E-state index contributed by atoms with van der Waals surface area (Å²) in [5, 5.41) is 6.91. The molecular formula is C14H16BrN3O2S. The maximum Gasteiger partial charge on any atom is 0.203 e. The zero-order chi connectivity index (χ0) is 15.2. The number of hydrogen-bond donors (Lipinski definition) is 1. The zero-order valence-electron chi connectivity index (χ0n) is 12.0. The van der Waals surface area contributed by atoms with E-state index in [0.717, 1.165) is 20.9 Å². The Morgan fingerprint density at radius 3 is 2.90 bits per heavy atom. The summed E-state index contributed by atoms with van der Waals surface area (Å²) in [5.41, 5.74) is 4.77. The molecule has 5 nitrogen and oxygen atoms in total. The molecule has 0 aliphatic carbocycles. The lowest BCUT2D eigenvalue weighted by molar-refractivity contribution is 0.310. The molecule has 1 heterocycles. The fourth-order valence-electron chi connectivity index (χ4n) is 1.69. The second kappa shape index (κ2) is 7.42. The number of ether oxygens (including phenoxy) is 2. The SMILES string of the molecule is CCOc1cc(C=NNc2nc(C)cs2)cc(Br)c1OC. The molecule has 0 radical (unpaired) electrons. The van der Waals surface area contributed by atoms with Crippen molar-refractivity contribution in [3.8, 4) is 11.5 Å². The van der Waals surface area contributed by atoms with Crippen LogP contribution in [0.15, 0.2) is 27.1 Å². The van der Waals surface area contributed by atoms with E-state index < -0.39 is 0 Å². The van der Waals surface area contributed by atoms with Crippen molar-refractivity contribution in [2.24, 2.45) is 5.10 Å². The molecule has 0 atom stereocenters. The largest absolute Gasteiger partial charge is 0.492 e. The molecule has 0 saturated carbocycles. The van der Waals surface area contributed by atoms with Crippen molar-refractivity contribution >= 4 is 38.6 Å². The molecule has 0 aliphatic heterocycles. The van der Waals surface area contributed by atoms with E-state index in [0.29, 0.717) is 18.1 Å². The third-order valence-corrected chi connectivity index (χ3v) is 3.98. The van der Waals surface area contributed by atoms with Crippen molar-refractivity contribution < 1.29 is 9.47 Å². The molecule has 1 aromatic heterocycles. The number of nitrogens with zero attached hydrogens (tertiary/aromatic N) is 2. The highest BCUT2D eigenvalue weighted by Gasteiger charge is 2.10. The first-order chi connectivity index (χ1) is 10.1. The summed E-state index contributed by atoms with van der Waals surface area (Å²) in [4.78, 5) is 4.27. The first kappa shape index (κ1) is 15.8. The molecule has 112 valence electrons. The Kier molecular flexibility index (Phi) is 5.58. The lowest BCUT2D eigenvalue weighted by atomic mass is 10.2. The van der Waals surface area contributed by atoms with Gasteiger partial charge in [-0.3, -0.25) is 5.43 Å². The summed E-state index contributed by atoms with van der Waals surface area (Å²) in [5.74, 6) is 1.36. The lowest BCUT2D eigenvalue weighted by Crippen LogP contribution is -1.98. The van der Waals surface area contributed by atoms with Gasteiger partial charge >= 0.3 is 0 Å². The normalized spacial score (nSPS) is 10.9. The molecule has 0 bridgehead atoms. The van der Waals surface area contributed by atoms with Gasteiger partial charge in [0.1, 0.15) is 0 Å². The van der Waals surface area contributed by atoms with Crippen LogP contribution in [0.5, 0.6) is 11.5 Å². The molecule has 1 aromatic carbocycles. The molecule has 2 aromatic rings. The first-order valence-electron chi connectivity index (χ1n) is 6.35. The number of anilines is 1. The van der Waals surface area contributed by atoms with Crippen LogP contribution in [0.3, 0.4) is 0 Å². The van der Waals surface area contributed by atoms with Gasteiger partial charge in [-0.15, -0.1) is 11.3 Å². The number of hydrazone groups is 1. The smallest absolute Gasteiger partial charge is 0.203 e. The van der Waals surface area contributed by atoms with Gasteiger partial charge in [0.05, 0.1) is 30.1 Å². The molecule has 1 N–H and O–H groups in total. The fourth-order valence-corrected chi connectivity index (χ4v) is 2.95. The van der Waals surface area contributed by atoms with Gasteiger partial charge in [-0.1, -0.05) is 0 Å². The summed E-state index contributed by atoms with van der Waals surface area (Å²) >= 11 is 4.99. The maximum absolute atomic E-state index is 5.57. The Morgan fingerprint density at radius 2 is 2.29 bits per heavy atom. The summed E-state index contributed by atoms with van der Waals surface area (Å²) in [6.07, 6.45) is 1.71. The van der Waals surface area contributed by atoms with Crippen LogP contribution < -0.4 is 14.9 Å². The van der Waals surface area contributed by atoms with E-state index in [1.165, 1.54) is 11.3 Å². The second-order valence-corrected chi connectivity index (χ2v) is 5.84. The summed E-state index contributed by atoms with van der Waals surface area (Å²) in [7, 11) is 1.61. The minimum Gasteiger partial charge on any atom is -0.492 e. The Morgan fingerprint density at radius 1 is 1.48 bits per heavy atom. The van der Waals surface area contributed by atoms with Crippen molar-refractivity contribution in [2.45, 2.75) is 13.8 Å². The number of rotatable bonds is 6. The van der Waals surface area contributed by atoms with E-state index in [4.69, 9.17) is 9.47 Å². The number of benzene rings is 1. The topological polar surface area (TPSA) is 55.7 Å². The van der Waals surface area contributed by atoms with Gasteiger partial charge in [-0.25, -0.2) is 4.98 Å². The van der Waals surface area contributed by atoms with Crippen LogP contribution in [-0.4, -0.2) is 24.9 Å². The van der Waals surface area contributed by atoms with E-state index in [2.05, 4.69) is 31.4 Å². The molecule has 2 rings (SSSR count). The number of hydrogen-bond acceptors (Lipinski definition) is 6. The second-order valence-electron chi connectivity index (χ2n) is 4.13. The van der Waals surface area contributed by atoms with Gasteiger partial charge in [-0.2, -0.15) is 5.10 Å². The van der Waals surface area contributed by atoms with E-state index in [1.54, 1.807) is 13.3 Å². The minimum atomic E-state index is 0.569. The Balaban J connectivity index is 2.15. The average molecular weight is 370 g/mol. The predicted octanol–water partition coefficient (Wildman–Crippen LogP) is 4.07. The molecular weight excluding hydrogens is 354 g/mol. The number of aromatic nitrogens is 1. The quantitative estimate of drug-likeness (QED) is 0.615. The zero-order valence-corrected chi connectivity index (χ0v) is 14.4.